The molecule has 1 N–H and O–H groups in total. The molecule has 5 heteroatoms. The van der Waals surface area contributed by atoms with Gasteiger partial charge in [0.1, 0.15) is 12.1 Å². The maximum Gasteiger partial charge on any atom is 0.221 e. The van der Waals surface area contributed by atoms with Gasteiger partial charge in [-0.15, -0.1) is 11.6 Å². The van der Waals surface area contributed by atoms with Gasteiger partial charge < -0.3 is 10.1 Å². The second-order valence-electron chi connectivity index (χ2n) is 4.15. The van der Waals surface area contributed by atoms with E-state index in [1.807, 2.05) is 13.8 Å². The van der Waals surface area contributed by atoms with Crippen molar-refractivity contribution in [1.29, 1.82) is 0 Å². The molecular weight excluding hydrogens is 238 g/mol. The van der Waals surface area contributed by atoms with Crippen LogP contribution in [0.15, 0.2) is 6.33 Å². The minimum Gasteiger partial charge on any atom is -0.478 e. The smallest absolute Gasteiger partial charge is 0.221 e. The number of hydrogen-bond donors (Lipinski definition) is 1. The lowest BCUT2D eigenvalue weighted by Gasteiger charge is -2.21. The number of hydrogen-bond acceptors (Lipinski definition) is 4. The van der Waals surface area contributed by atoms with E-state index < -0.39 is 0 Å². The molecule has 0 bridgehead atoms. The average molecular weight is 258 g/mol. The fraction of sp³-hybridized carbons (Fsp3) is 0.667. The van der Waals surface area contributed by atoms with E-state index in [0.29, 0.717) is 24.3 Å². The minimum absolute atomic E-state index is 0.260. The third kappa shape index (κ3) is 3.73. The topological polar surface area (TPSA) is 47.0 Å². The maximum absolute atomic E-state index is 5.84. The number of ether oxygens (including phenoxy) is 1. The first-order valence-electron chi connectivity index (χ1n) is 5.87. The molecule has 1 aromatic heterocycles. The molecule has 1 aromatic rings. The van der Waals surface area contributed by atoms with Crippen molar-refractivity contribution in [3.05, 3.63) is 11.9 Å². The van der Waals surface area contributed by atoms with E-state index in [4.69, 9.17) is 16.3 Å². The van der Waals surface area contributed by atoms with E-state index in [-0.39, 0.29) is 6.04 Å². The molecule has 0 saturated carbocycles. The monoisotopic (exact) mass is 257 g/mol. The van der Waals surface area contributed by atoms with Crippen LogP contribution in [0.2, 0.25) is 0 Å². The van der Waals surface area contributed by atoms with Gasteiger partial charge in [-0.05, 0) is 26.7 Å². The van der Waals surface area contributed by atoms with Crippen LogP contribution in [-0.4, -0.2) is 28.5 Å². The molecular formula is C12H20ClN3O. The van der Waals surface area contributed by atoms with E-state index in [1.54, 1.807) is 0 Å². The molecule has 2 atom stereocenters. The van der Waals surface area contributed by atoms with Crippen LogP contribution in [0.3, 0.4) is 0 Å². The second kappa shape index (κ2) is 6.64. The molecule has 96 valence electrons. The van der Waals surface area contributed by atoms with Gasteiger partial charge in [0, 0.05) is 11.9 Å². The highest BCUT2D eigenvalue weighted by Gasteiger charge is 2.14. The van der Waals surface area contributed by atoms with E-state index in [2.05, 4.69) is 29.1 Å². The first kappa shape index (κ1) is 14.0. The molecule has 4 nitrogen and oxygen atoms in total. The molecule has 0 radical (unpaired) electrons. The van der Waals surface area contributed by atoms with Crippen molar-refractivity contribution in [2.45, 2.75) is 33.7 Å². The summed E-state index contributed by atoms with van der Waals surface area (Å²) in [6.07, 6.45) is 1.51. The number of nitrogens with one attached hydrogen (secondary N) is 1. The molecule has 0 aliphatic heterocycles. The van der Waals surface area contributed by atoms with Crippen molar-refractivity contribution < 1.29 is 4.74 Å². The van der Waals surface area contributed by atoms with E-state index in [9.17, 15) is 0 Å². The Kier molecular flexibility index (Phi) is 5.48. The lowest BCUT2D eigenvalue weighted by atomic mass is 10.1. The number of rotatable bonds is 6. The summed E-state index contributed by atoms with van der Waals surface area (Å²) in [6, 6.07) is 0.260. The summed E-state index contributed by atoms with van der Waals surface area (Å²) in [5.41, 5.74) is 0.933. The minimum atomic E-state index is 0.260. The predicted octanol–water partition coefficient (Wildman–Crippen LogP) is 2.86. The zero-order valence-corrected chi connectivity index (χ0v) is 11.6. The van der Waals surface area contributed by atoms with Crippen LogP contribution >= 0.6 is 11.6 Å². The van der Waals surface area contributed by atoms with Crippen molar-refractivity contribution in [2.75, 3.05) is 17.8 Å². The quantitative estimate of drug-likeness (QED) is 0.796. The first-order chi connectivity index (χ1) is 8.10. The van der Waals surface area contributed by atoms with E-state index in [0.717, 1.165) is 11.4 Å². The van der Waals surface area contributed by atoms with E-state index in [1.165, 1.54) is 6.33 Å². The van der Waals surface area contributed by atoms with Crippen LogP contribution in [-0.2, 0) is 0 Å². The molecule has 0 saturated heterocycles. The summed E-state index contributed by atoms with van der Waals surface area (Å²) in [5.74, 6) is 2.45. The van der Waals surface area contributed by atoms with Crippen molar-refractivity contribution in [2.24, 2.45) is 5.92 Å². The lowest BCUT2D eigenvalue weighted by molar-refractivity contribution is 0.323. The van der Waals surface area contributed by atoms with Gasteiger partial charge in [-0.25, -0.2) is 9.97 Å². The maximum atomic E-state index is 5.84. The molecule has 2 unspecified atom stereocenters. The fourth-order valence-corrected chi connectivity index (χ4v) is 1.62. The van der Waals surface area contributed by atoms with Crippen LogP contribution < -0.4 is 10.1 Å². The molecule has 0 aliphatic rings. The Balaban J connectivity index is 2.80. The normalized spacial score (nSPS) is 14.2. The number of halogens is 1. The summed E-state index contributed by atoms with van der Waals surface area (Å²) in [7, 11) is 0. The van der Waals surface area contributed by atoms with Crippen molar-refractivity contribution in [1.82, 2.24) is 9.97 Å². The van der Waals surface area contributed by atoms with Crippen LogP contribution in [0.5, 0.6) is 5.88 Å². The van der Waals surface area contributed by atoms with Gasteiger partial charge in [-0.2, -0.15) is 0 Å². The third-order valence-electron chi connectivity index (χ3n) is 2.78. The number of aromatic nitrogens is 2. The standard InChI is InChI=1S/C12H20ClN3O/c1-5-17-12-9(3)11(14-7-15-12)16-10(4)8(2)6-13/h7-8,10H,5-6H2,1-4H3,(H,14,15,16). The van der Waals surface area contributed by atoms with Crippen molar-refractivity contribution in [3.8, 4) is 5.88 Å². The Labute approximate surface area is 108 Å². The SMILES string of the molecule is CCOc1ncnc(NC(C)C(C)CCl)c1C. The van der Waals surface area contributed by atoms with Gasteiger partial charge in [0.05, 0.1) is 12.2 Å². The van der Waals surface area contributed by atoms with Crippen LogP contribution in [0.4, 0.5) is 5.82 Å². The largest absolute Gasteiger partial charge is 0.478 e. The van der Waals surface area contributed by atoms with Gasteiger partial charge in [0.15, 0.2) is 0 Å². The summed E-state index contributed by atoms with van der Waals surface area (Å²) >= 11 is 5.84. The zero-order valence-electron chi connectivity index (χ0n) is 10.8. The number of alkyl halides is 1. The predicted molar refractivity (Wildman–Crippen MR) is 70.9 cm³/mol. The summed E-state index contributed by atoms with van der Waals surface area (Å²) in [6.45, 7) is 8.68. The first-order valence-corrected chi connectivity index (χ1v) is 6.40. The van der Waals surface area contributed by atoms with Gasteiger partial charge in [0.2, 0.25) is 5.88 Å². The Hall–Kier alpha value is -1.03. The van der Waals surface area contributed by atoms with Crippen LogP contribution in [0.25, 0.3) is 0 Å². The fourth-order valence-electron chi connectivity index (χ4n) is 1.35. The van der Waals surface area contributed by atoms with Gasteiger partial charge in [-0.3, -0.25) is 0 Å². The molecule has 0 amide bonds. The van der Waals surface area contributed by atoms with Gasteiger partial charge in [-0.1, -0.05) is 6.92 Å². The second-order valence-corrected chi connectivity index (χ2v) is 4.46. The third-order valence-corrected chi connectivity index (χ3v) is 3.27. The Morgan fingerprint density at radius 1 is 1.41 bits per heavy atom. The zero-order chi connectivity index (χ0) is 12.8. The Bertz CT molecular complexity index is 360. The molecule has 1 heterocycles. The molecule has 1 rings (SSSR count). The average Bonchev–Trinajstić information content (AvgIpc) is 2.33. The Morgan fingerprint density at radius 3 is 2.71 bits per heavy atom. The molecule has 0 aromatic carbocycles. The van der Waals surface area contributed by atoms with Crippen LogP contribution in [0, 0.1) is 12.8 Å². The summed E-state index contributed by atoms with van der Waals surface area (Å²) in [5, 5.41) is 3.34. The van der Waals surface area contributed by atoms with Gasteiger partial charge >= 0.3 is 0 Å². The van der Waals surface area contributed by atoms with Crippen molar-refractivity contribution >= 4 is 17.4 Å². The lowest BCUT2D eigenvalue weighted by Crippen LogP contribution is -2.26. The number of nitrogens with zero attached hydrogens (tertiary/aromatic N) is 2. The highest BCUT2D eigenvalue weighted by Crippen LogP contribution is 2.22. The molecule has 17 heavy (non-hydrogen) atoms. The molecule has 0 spiro atoms. The summed E-state index contributed by atoms with van der Waals surface area (Å²) in [4.78, 5) is 8.33. The molecule has 0 fully saturated rings. The van der Waals surface area contributed by atoms with Gasteiger partial charge in [0.25, 0.3) is 0 Å². The number of anilines is 1. The van der Waals surface area contributed by atoms with E-state index >= 15 is 0 Å². The summed E-state index contributed by atoms with van der Waals surface area (Å²) < 4.78 is 5.43. The Morgan fingerprint density at radius 2 is 2.12 bits per heavy atom. The van der Waals surface area contributed by atoms with Crippen LogP contribution in [0.1, 0.15) is 26.3 Å². The molecule has 0 aliphatic carbocycles. The highest BCUT2D eigenvalue weighted by molar-refractivity contribution is 6.18. The highest BCUT2D eigenvalue weighted by atomic mass is 35.5. The van der Waals surface area contributed by atoms with Crippen molar-refractivity contribution in [3.63, 3.8) is 0 Å².